The summed E-state index contributed by atoms with van der Waals surface area (Å²) in [4.78, 5) is 17.6. The van der Waals surface area contributed by atoms with E-state index in [1.165, 1.54) is 6.42 Å². The normalized spacial score (nSPS) is 18.5. The highest BCUT2D eigenvalue weighted by atomic mass is 16.4. The van der Waals surface area contributed by atoms with Crippen LogP contribution in [0.5, 0.6) is 0 Å². The molecule has 0 saturated carbocycles. The highest BCUT2D eigenvalue weighted by Crippen LogP contribution is 2.27. The van der Waals surface area contributed by atoms with Gasteiger partial charge in [-0.25, -0.2) is 0 Å². The molecular formula is C14H20N2O2. The van der Waals surface area contributed by atoms with Crippen LogP contribution in [-0.4, -0.2) is 34.0 Å². The lowest BCUT2D eigenvalue weighted by Gasteiger charge is -2.34. The number of aryl methyl sites for hydroxylation is 1. The Balaban J connectivity index is 2.17. The van der Waals surface area contributed by atoms with Crippen molar-refractivity contribution in [3.8, 4) is 0 Å². The van der Waals surface area contributed by atoms with Crippen LogP contribution in [0.25, 0.3) is 0 Å². The third-order valence-corrected chi connectivity index (χ3v) is 3.52. The number of likely N-dealkylation sites (tertiary alicyclic amines) is 1. The molecule has 4 nitrogen and oxygen atoms in total. The van der Waals surface area contributed by atoms with Crippen molar-refractivity contribution in [2.75, 3.05) is 13.1 Å². The van der Waals surface area contributed by atoms with Crippen LogP contribution in [0.3, 0.4) is 0 Å². The van der Waals surface area contributed by atoms with Gasteiger partial charge in [-0.3, -0.25) is 14.7 Å². The Morgan fingerprint density at radius 3 is 2.67 bits per heavy atom. The molecule has 0 spiro atoms. The fourth-order valence-corrected chi connectivity index (χ4v) is 2.53. The summed E-state index contributed by atoms with van der Waals surface area (Å²) < 4.78 is 0. The zero-order valence-electron chi connectivity index (χ0n) is 10.8. The Morgan fingerprint density at radius 2 is 2.11 bits per heavy atom. The molecule has 1 aromatic heterocycles. The van der Waals surface area contributed by atoms with E-state index in [1.54, 1.807) is 0 Å². The number of aliphatic carboxylic acids is 1. The van der Waals surface area contributed by atoms with Crippen LogP contribution >= 0.6 is 0 Å². The van der Waals surface area contributed by atoms with E-state index in [2.05, 4.69) is 9.88 Å². The van der Waals surface area contributed by atoms with E-state index >= 15 is 0 Å². The predicted octanol–water partition coefficient (Wildman–Crippen LogP) is 2.39. The van der Waals surface area contributed by atoms with E-state index in [9.17, 15) is 4.79 Å². The van der Waals surface area contributed by atoms with Gasteiger partial charge in [0.1, 0.15) is 0 Å². The molecule has 0 aromatic carbocycles. The molecule has 1 aromatic rings. The second-order valence-corrected chi connectivity index (χ2v) is 4.94. The molecule has 98 valence electrons. The van der Waals surface area contributed by atoms with Gasteiger partial charge in [-0.1, -0.05) is 12.5 Å². The fraction of sp³-hybridized carbons (Fsp3) is 0.571. The lowest BCUT2D eigenvalue weighted by Crippen LogP contribution is -2.35. The Bertz CT molecular complexity index is 397. The van der Waals surface area contributed by atoms with Gasteiger partial charge in [-0.05, 0) is 44.5 Å². The quantitative estimate of drug-likeness (QED) is 0.889. The van der Waals surface area contributed by atoms with Gasteiger partial charge < -0.3 is 5.11 Å². The summed E-state index contributed by atoms with van der Waals surface area (Å²) >= 11 is 0. The second-order valence-electron chi connectivity index (χ2n) is 4.94. The standard InChI is InChI=1S/C14H20N2O2/c1-11-5-6-12(10-15-11)13(9-14(17)18)16-7-3-2-4-8-16/h5-6,10,13H,2-4,7-9H2,1H3,(H,17,18). The van der Waals surface area contributed by atoms with Crippen molar-refractivity contribution >= 4 is 5.97 Å². The molecule has 1 aliphatic heterocycles. The number of aromatic nitrogens is 1. The fourth-order valence-electron chi connectivity index (χ4n) is 2.53. The third kappa shape index (κ3) is 3.29. The van der Waals surface area contributed by atoms with Crippen LogP contribution < -0.4 is 0 Å². The minimum atomic E-state index is -0.744. The maximum Gasteiger partial charge on any atom is 0.305 e. The van der Waals surface area contributed by atoms with Gasteiger partial charge in [0.2, 0.25) is 0 Å². The zero-order valence-corrected chi connectivity index (χ0v) is 10.8. The lowest BCUT2D eigenvalue weighted by atomic mass is 10.0. The first-order valence-corrected chi connectivity index (χ1v) is 6.55. The third-order valence-electron chi connectivity index (χ3n) is 3.52. The Hall–Kier alpha value is -1.42. The van der Waals surface area contributed by atoms with Gasteiger partial charge in [-0.2, -0.15) is 0 Å². The van der Waals surface area contributed by atoms with E-state index in [-0.39, 0.29) is 12.5 Å². The van der Waals surface area contributed by atoms with Crippen LogP contribution in [0.2, 0.25) is 0 Å². The van der Waals surface area contributed by atoms with E-state index in [0.717, 1.165) is 37.2 Å². The number of carboxylic acid groups (broad SMARTS) is 1. The summed E-state index contributed by atoms with van der Waals surface area (Å²) in [5.41, 5.74) is 1.98. The molecule has 1 N–H and O–H groups in total. The monoisotopic (exact) mass is 248 g/mol. The number of rotatable bonds is 4. The van der Waals surface area contributed by atoms with Gasteiger partial charge in [0.05, 0.1) is 6.42 Å². The first kappa shape index (κ1) is 13.0. The molecule has 1 unspecified atom stereocenters. The van der Waals surface area contributed by atoms with Crippen molar-refractivity contribution in [3.05, 3.63) is 29.6 Å². The predicted molar refractivity (Wildman–Crippen MR) is 69.4 cm³/mol. The number of nitrogens with zero attached hydrogens (tertiary/aromatic N) is 2. The SMILES string of the molecule is Cc1ccc(C(CC(=O)O)N2CCCCC2)cn1. The van der Waals surface area contributed by atoms with Crippen molar-refractivity contribution in [2.24, 2.45) is 0 Å². The van der Waals surface area contributed by atoms with Crippen LogP contribution in [0.15, 0.2) is 18.3 Å². The number of hydrogen-bond acceptors (Lipinski definition) is 3. The molecule has 0 bridgehead atoms. The topological polar surface area (TPSA) is 53.4 Å². The van der Waals surface area contributed by atoms with Crippen molar-refractivity contribution < 1.29 is 9.90 Å². The lowest BCUT2D eigenvalue weighted by molar-refractivity contribution is -0.138. The van der Waals surface area contributed by atoms with Crippen molar-refractivity contribution in [1.82, 2.24) is 9.88 Å². The first-order chi connectivity index (χ1) is 8.66. The summed E-state index contributed by atoms with van der Waals surface area (Å²) in [7, 11) is 0. The Morgan fingerprint density at radius 1 is 1.39 bits per heavy atom. The Kier molecular flexibility index (Phi) is 4.31. The number of carboxylic acids is 1. The maximum absolute atomic E-state index is 11.0. The molecule has 0 radical (unpaired) electrons. The van der Waals surface area contributed by atoms with Gasteiger partial charge in [-0.15, -0.1) is 0 Å². The molecule has 1 saturated heterocycles. The average molecular weight is 248 g/mol. The summed E-state index contributed by atoms with van der Waals surface area (Å²) in [5.74, 6) is -0.744. The molecule has 1 fully saturated rings. The van der Waals surface area contributed by atoms with Gasteiger partial charge in [0.15, 0.2) is 0 Å². The minimum absolute atomic E-state index is 0.0316. The summed E-state index contributed by atoms with van der Waals surface area (Å²) in [5, 5.41) is 9.08. The summed E-state index contributed by atoms with van der Waals surface area (Å²) in [6, 6.07) is 3.93. The van der Waals surface area contributed by atoms with Crippen LogP contribution in [0.1, 0.15) is 43.0 Å². The minimum Gasteiger partial charge on any atom is -0.481 e. The molecular weight excluding hydrogens is 228 g/mol. The number of pyridine rings is 1. The van der Waals surface area contributed by atoms with Crippen LogP contribution in [0.4, 0.5) is 0 Å². The van der Waals surface area contributed by atoms with E-state index in [4.69, 9.17) is 5.11 Å². The molecule has 1 aliphatic rings. The van der Waals surface area contributed by atoms with Crippen LogP contribution in [0, 0.1) is 6.92 Å². The second kappa shape index (κ2) is 5.96. The molecule has 2 rings (SSSR count). The molecule has 4 heteroatoms. The largest absolute Gasteiger partial charge is 0.481 e. The molecule has 0 aliphatic carbocycles. The van der Waals surface area contributed by atoms with Crippen molar-refractivity contribution in [2.45, 2.75) is 38.6 Å². The highest BCUT2D eigenvalue weighted by molar-refractivity contribution is 5.67. The number of hydrogen-bond donors (Lipinski definition) is 1. The average Bonchev–Trinajstić information content (AvgIpc) is 2.38. The molecule has 18 heavy (non-hydrogen) atoms. The smallest absolute Gasteiger partial charge is 0.305 e. The first-order valence-electron chi connectivity index (χ1n) is 6.55. The van der Waals surface area contributed by atoms with Crippen molar-refractivity contribution in [3.63, 3.8) is 0 Å². The molecule has 2 heterocycles. The zero-order chi connectivity index (χ0) is 13.0. The maximum atomic E-state index is 11.0. The number of piperidine rings is 1. The van der Waals surface area contributed by atoms with E-state index in [1.807, 2.05) is 25.3 Å². The number of carbonyl (C=O) groups is 1. The Labute approximate surface area is 108 Å². The molecule has 0 amide bonds. The van der Waals surface area contributed by atoms with E-state index in [0.29, 0.717) is 0 Å². The highest BCUT2D eigenvalue weighted by Gasteiger charge is 2.24. The summed E-state index contributed by atoms with van der Waals surface area (Å²) in [6.07, 6.45) is 5.55. The van der Waals surface area contributed by atoms with Gasteiger partial charge in [0.25, 0.3) is 0 Å². The van der Waals surface area contributed by atoms with E-state index < -0.39 is 5.97 Å². The van der Waals surface area contributed by atoms with Gasteiger partial charge >= 0.3 is 5.97 Å². The van der Waals surface area contributed by atoms with Gasteiger partial charge in [0, 0.05) is 17.9 Å². The summed E-state index contributed by atoms with van der Waals surface area (Å²) in [6.45, 7) is 3.93. The van der Waals surface area contributed by atoms with Crippen molar-refractivity contribution in [1.29, 1.82) is 0 Å². The molecule has 1 atom stereocenters. The van der Waals surface area contributed by atoms with Crippen LogP contribution in [-0.2, 0) is 4.79 Å².